The number of carbonyl (C=O) groups is 3. The van der Waals surface area contributed by atoms with Gasteiger partial charge in [0.25, 0.3) is 0 Å². The van der Waals surface area contributed by atoms with Gasteiger partial charge < -0.3 is 5.32 Å². The van der Waals surface area contributed by atoms with Crippen molar-refractivity contribution in [2.75, 3.05) is 10.2 Å². The van der Waals surface area contributed by atoms with Gasteiger partial charge in [-0.3, -0.25) is 23.7 Å². The molecule has 3 atom stereocenters. The third-order valence-electron chi connectivity index (χ3n) is 7.49. The number of hydrogen-bond acceptors (Lipinski definition) is 6. The molecule has 16 heteroatoms. The number of rotatable bonds is 5. The molecule has 0 bridgehead atoms. The summed E-state index contributed by atoms with van der Waals surface area (Å²) in [7, 11) is 0. The van der Waals surface area contributed by atoms with Gasteiger partial charge in [-0.1, -0.05) is 47.4 Å². The maximum atomic E-state index is 13.9. The van der Waals surface area contributed by atoms with Crippen molar-refractivity contribution < 1.29 is 45.1 Å². The van der Waals surface area contributed by atoms with E-state index in [1.165, 1.54) is 24.3 Å². The van der Waals surface area contributed by atoms with E-state index in [0.29, 0.717) is 27.9 Å². The monoisotopic (exact) mass is 681 g/mol. The number of amides is 3. The number of halogens is 7. The fourth-order valence-electron chi connectivity index (χ4n) is 5.48. The molecule has 0 aliphatic carbocycles. The Hall–Kier alpha value is -4.44. The number of fused-ring (bicyclic) bond motifs is 2. The number of nitrogens with zero attached hydrogens (tertiary/aromatic N) is 2. The van der Waals surface area contributed by atoms with Gasteiger partial charge in [0, 0.05) is 16.5 Å². The molecule has 2 aliphatic heterocycles. The first-order valence-corrected chi connectivity index (χ1v) is 15.0. The van der Waals surface area contributed by atoms with Crippen LogP contribution in [0.2, 0.25) is 0 Å². The molecule has 1 saturated heterocycles. The van der Waals surface area contributed by atoms with Gasteiger partial charge in [-0.2, -0.15) is 26.3 Å². The van der Waals surface area contributed by atoms with E-state index in [-0.39, 0.29) is 21.3 Å². The Kier molecular flexibility index (Phi) is 7.83. The van der Waals surface area contributed by atoms with Gasteiger partial charge in [-0.15, -0.1) is 0 Å². The number of imide groups is 1. The Labute approximate surface area is 262 Å². The summed E-state index contributed by atoms with van der Waals surface area (Å²) in [4.78, 5) is 54.0. The largest absolute Gasteiger partial charge is 0.416 e. The molecule has 3 amide bonds. The molecule has 1 aromatic heterocycles. The number of carbonyl (C=O) groups excluding carboxylic acids is 3. The minimum Gasteiger partial charge on any atom is -0.325 e. The van der Waals surface area contributed by atoms with Crippen molar-refractivity contribution in [3.8, 4) is 0 Å². The maximum absolute atomic E-state index is 13.9. The summed E-state index contributed by atoms with van der Waals surface area (Å²) in [6, 6.07) is 12.5. The lowest BCUT2D eigenvalue weighted by molar-refractivity contribution is -0.138. The van der Waals surface area contributed by atoms with E-state index in [0.717, 1.165) is 58.8 Å². The van der Waals surface area contributed by atoms with Crippen molar-refractivity contribution in [1.82, 2.24) is 4.57 Å². The zero-order valence-electron chi connectivity index (χ0n) is 22.9. The van der Waals surface area contributed by atoms with Gasteiger partial charge in [0.2, 0.25) is 17.7 Å². The van der Waals surface area contributed by atoms with Crippen LogP contribution in [0.25, 0.3) is 0 Å². The fourth-order valence-corrected chi connectivity index (χ4v) is 8.25. The second kappa shape index (κ2) is 11.4. The SMILES string of the molecule is O=C(Cn1c2c(sc1=O)C(c1ccc(F)cc1)C1C(=O)N(c3cccc(C(F)(F)F)c3)C(=O)C1S2)Nc1cccc(C(F)(F)F)c1. The Balaban J connectivity index is 1.38. The van der Waals surface area contributed by atoms with E-state index in [1.807, 2.05) is 0 Å². The summed E-state index contributed by atoms with van der Waals surface area (Å²) in [5.41, 5.74) is -2.23. The minimum atomic E-state index is -4.76. The first-order valence-electron chi connectivity index (χ1n) is 13.3. The Morgan fingerprint density at radius 3 is 2.11 bits per heavy atom. The van der Waals surface area contributed by atoms with Gasteiger partial charge in [0.1, 0.15) is 17.6 Å². The molecule has 1 N–H and O–H groups in total. The van der Waals surface area contributed by atoms with Gasteiger partial charge in [0.15, 0.2) is 0 Å². The van der Waals surface area contributed by atoms with E-state index in [1.54, 1.807) is 0 Å². The highest BCUT2D eigenvalue weighted by atomic mass is 32.2. The summed E-state index contributed by atoms with van der Waals surface area (Å²) in [6.07, 6.45) is -9.42. The van der Waals surface area contributed by atoms with Crippen LogP contribution in [0.5, 0.6) is 0 Å². The van der Waals surface area contributed by atoms with Crippen molar-refractivity contribution in [1.29, 1.82) is 0 Å². The molecule has 0 radical (unpaired) electrons. The standard InChI is InChI=1S/C30H18F7N3O4S2/c31-17-9-7-14(8-10-17)21-22-23(26(43)40(25(22)42)19-6-2-4-16(12-19)30(35,36)37)45-27-24(21)46-28(44)39(27)13-20(41)38-18-5-1-3-15(11-18)29(32,33)34/h1-12,21-23H,13H2,(H,38,41). The van der Waals surface area contributed by atoms with E-state index in [2.05, 4.69) is 5.32 Å². The Morgan fingerprint density at radius 1 is 0.826 bits per heavy atom. The molecule has 1 fully saturated rings. The number of anilines is 2. The number of hydrogen-bond donors (Lipinski definition) is 1. The van der Waals surface area contributed by atoms with Crippen LogP contribution in [0.3, 0.4) is 0 Å². The molecule has 46 heavy (non-hydrogen) atoms. The number of aromatic nitrogens is 1. The molecule has 0 saturated carbocycles. The van der Waals surface area contributed by atoms with E-state index in [9.17, 15) is 49.9 Å². The molecular weight excluding hydrogens is 663 g/mol. The van der Waals surface area contributed by atoms with Crippen LogP contribution >= 0.6 is 23.1 Å². The van der Waals surface area contributed by atoms with Gasteiger partial charge >= 0.3 is 17.2 Å². The fraction of sp³-hybridized carbons (Fsp3) is 0.200. The third kappa shape index (κ3) is 5.70. The number of nitrogens with one attached hydrogen (secondary N) is 1. The lowest BCUT2D eigenvalue weighted by Crippen LogP contribution is -2.33. The number of alkyl halides is 6. The third-order valence-corrected chi connectivity index (χ3v) is 10.1. The molecule has 2 aliphatic rings. The molecular formula is C30H18F7N3O4S2. The van der Waals surface area contributed by atoms with Crippen molar-refractivity contribution in [3.05, 3.63) is 110 Å². The molecule has 0 spiro atoms. The second-order valence-electron chi connectivity index (χ2n) is 10.4. The Morgan fingerprint density at radius 2 is 1.46 bits per heavy atom. The van der Waals surface area contributed by atoms with Crippen molar-refractivity contribution in [2.45, 2.75) is 35.1 Å². The molecule has 238 valence electrons. The van der Waals surface area contributed by atoms with E-state index >= 15 is 0 Å². The lowest BCUT2D eigenvalue weighted by atomic mass is 9.83. The number of thioether (sulfide) groups is 1. The summed E-state index contributed by atoms with van der Waals surface area (Å²) in [5.74, 6) is -5.35. The highest BCUT2D eigenvalue weighted by molar-refractivity contribution is 8.00. The summed E-state index contributed by atoms with van der Waals surface area (Å²) in [6.45, 7) is -0.666. The quantitative estimate of drug-likeness (QED) is 0.192. The predicted octanol–water partition coefficient (Wildman–Crippen LogP) is 6.52. The van der Waals surface area contributed by atoms with Crippen LogP contribution < -0.4 is 15.1 Å². The second-order valence-corrected chi connectivity index (χ2v) is 12.5. The van der Waals surface area contributed by atoms with Crippen molar-refractivity contribution in [2.24, 2.45) is 5.92 Å². The molecule has 4 aromatic rings. The molecule has 3 unspecified atom stereocenters. The van der Waals surface area contributed by atoms with E-state index < -0.39 is 75.5 Å². The van der Waals surface area contributed by atoms with Crippen LogP contribution in [0.1, 0.15) is 27.5 Å². The molecule has 7 nitrogen and oxygen atoms in total. The highest BCUT2D eigenvalue weighted by Crippen LogP contribution is 2.54. The average molecular weight is 682 g/mol. The summed E-state index contributed by atoms with van der Waals surface area (Å²) in [5, 5.41) is 1.20. The van der Waals surface area contributed by atoms with Crippen LogP contribution in [0.15, 0.2) is 82.6 Å². The minimum absolute atomic E-state index is 0.122. The topological polar surface area (TPSA) is 88.5 Å². The number of benzene rings is 3. The molecule has 6 rings (SSSR count). The van der Waals surface area contributed by atoms with E-state index in [4.69, 9.17) is 0 Å². The normalized spacial score (nSPS) is 19.6. The Bertz CT molecular complexity index is 1940. The van der Waals surface area contributed by atoms with Gasteiger partial charge in [-0.25, -0.2) is 9.29 Å². The first-order chi connectivity index (χ1) is 21.6. The van der Waals surface area contributed by atoms with Crippen molar-refractivity contribution >= 4 is 52.2 Å². The summed E-state index contributed by atoms with van der Waals surface area (Å²) < 4.78 is 94.7. The van der Waals surface area contributed by atoms with Crippen LogP contribution in [-0.2, 0) is 33.3 Å². The van der Waals surface area contributed by atoms with Crippen LogP contribution in [-0.4, -0.2) is 27.5 Å². The smallest absolute Gasteiger partial charge is 0.325 e. The zero-order chi connectivity index (χ0) is 33.1. The molecule has 3 heterocycles. The first kappa shape index (κ1) is 31.5. The van der Waals surface area contributed by atoms with Crippen molar-refractivity contribution in [3.63, 3.8) is 0 Å². The predicted molar refractivity (Wildman–Crippen MR) is 154 cm³/mol. The molecule has 3 aromatic carbocycles. The lowest BCUT2D eigenvalue weighted by Gasteiger charge is -2.30. The maximum Gasteiger partial charge on any atom is 0.416 e. The van der Waals surface area contributed by atoms with Crippen LogP contribution in [0, 0.1) is 11.7 Å². The summed E-state index contributed by atoms with van der Waals surface area (Å²) >= 11 is 1.45. The van der Waals surface area contributed by atoms with Crippen LogP contribution in [0.4, 0.5) is 42.1 Å². The highest BCUT2D eigenvalue weighted by Gasteiger charge is 2.57. The van der Waals surface area contributed by atoms with Gasteiger partial charge in [0.05, 0.1) is 27.8 Å². The van der Waals surface area contributed by atoms with Gasteiger partial charge in [-0.05, 0) is 54.1 Å². The number of thiazole rings is 1. The zero-order valence-corrected chi connectivity index (χ0v) is 24.5. The average Bonchev–Trinajstić information content (AvgIpc) is 3.43.